The fraction of sp³-hybridized carbons (Fsp3) is 0.250. The van der Waals surface area contributed by atoms with Crippen LogP contribution in [0.3, 0.4) is 0 Å². The van der Waals surface area contributed by atoms with Crippen LogP contribution in [0.15, 0.2) is 18.2 Å². The van der Waals surface area contributed by atoms with Crippen molar-refractivity contribution >= 4 is 0 Å². The van der Waals surface area contributed by atoms with Crippen molar-refractivity contribution in [3.8, 4) is 17.2 Å². The van der Waals surface area contributed by atoms with Gasteiger partial charge in [0.15, 0.2) is 11.5 Å². The van der Waals surface area contributed by atoms with Gasteiger partial charge in [-0.1, -0.05) is 0 Å². The van der Waals surface area contributed by atoms with E-state index in [1.807, 2.05) is 6.92 Å². The average Bonchev–Trinajstić information content (AvgIpc) is 2.08. The SMILES string of the molecule is CCOc1ccc(O)cc1ON. The van der Waals surface area contributed by atoms with Gasteiger partial charge < -0.3 is 14.7 Å². The Bertz CT molecular complexity index is 262. The fourth-order valence-electron chi connectivity index (χ4n) is 0.864. The van der Waals surface area contributed by atoms with E-state index in [1.54, 1.807) is 6.07 Å². The lowest BCUT2D eigenvalue weighted by molar-refractivity contribution is 0.282. The zero-order chi connectivity index (χ0) is 8.97. The van der Waals surface area contributed by atoms with Gasteiger partial charge in [0.05, 0.1) is 6.61 Å². The first-order valence-electron chi connectivity index (χ1n) is 3.60. The molecule has 1 aromatic rings. The molecule has 0 saturated carbocycles. The van der Waals surface area contributed by atoms with E-state index in [1.165, 1.54) is 12.1 Å². The maximum atomic E-state index is 9.05. The van der Waals surface area contributed by atoms with Crippen LogP contribution in [0.4, 0.5) is 0 Å². The molecule has 0 bridgehead atoms. The van der Waals surface area contributed by atoms with Crippen LogP contribution in [0.2, 0.25) is 0 Å². The monoisotopic (exact) mass is 169 g/mol. The molecule has 0 amide bonds. The summed E-state index contributed by atoms with van der Waals surface area (Å²) in [5.41, 5.74) is 0. The smallest absolute Gasteiger partial charge is 0.192 e. The van der Waals surface area contributed by atoms with Gasteiger partial charge >= 0.3 is 0 Å². The van der Waals surface area contributed by atoms with Crippen LogP contribution in [0.1, 0.15) is 6.92 Å². The van der Waals surface area contributed by atoms with Crippen molar-refractivity contribution in [3.63, 3.8) is 0 Å². The fourth-order valence-corrected chi connectivity index (χ4v) is 0.864. The third-order valence-corrected chi connectivity index (χ3v) is 1.35. The van der Waals surface area contributed by atoms with E-state index in [-0.39, 0.29) is 5.75 Å². The highest BCUT2D eigenvalue weighted by atomic mass is 16.6. The Labute approximate surface area is 70.5 Å². The predicted molar refractivity (Wildman–Crippen MR) is 44.1 cm³/mol. The maximum absolute atomic E-state index is 9.05. The van der Waals surface area contributed by atoms with Crippen LogP contribution >= 0.6 is 0 Å². The lowest BCUT2D eigenvalue weighted by atomic mass is 10.3. The lowest BCUT2D eigenvalue weighted by Gasteiger charge is -2.07. The van der Waals surface area contributed by atoms with Crippen molar-refractivity contribution in [2.75, 3.05) is 6.61 Å². The van der Waals surface area contributed by atoms with Crippen molar-refractivity contribution in [2.24, 2.45) is 5.90 Å². The Morgan fingerprint density at radius 1 is 1.42 bits per heavy atom. The molecule has 4 nitrogen and oxygen atoms in total. The average molecular weight is 169 g/mol. The normalized spacial score (nSPS) is 9.50. The number of hydrogen-bond donors (Lipinski definition) is 2. The van der Waals surface area contributed by atoms with Gasteiger partial charge in [-0.3, -0.25) is 0 Å². The summed E-state index contributed by atoms with van der Waals surface area (Å²) in [5, 5.41) is 9.05. The number of hydrogen-bond acceptors (Lipinski definition) is 4. The second-order valence-electron chi connectivity index (χ2n) is 2.18. The molecule has 1 rings (SSSR count). The minimum absolute atomic E-state index is 0.0962. The van der Waals surface area contributed by atoms with Gasteiger partial charge in [-0.05, 0) is 19.1 Å². The zero-order valence-corrected chi connectivity index (χ0v) is 6.78. The number of rotatable bonds is 3. The number of nitrogens with two attached hydrogens (primary N) is 1. The highest BCUT2D eigenvalue weighted by Gasteiger charge is 2.04. The van der Waals surface area contributed by atoms with Crippen LogP contribution < -0.4 is 15.5 Å². The van der Waals surface area contributed by atoms with E-state index >= 15 is 0 Å². The number of benzene rings is 1. The van der Waals surface area contributed by atoms with Crippen molar-refractivity contribution in [3.05, 3.63) is 18.2 Å². The number of ether oxygens (including phenoxy) is 1. The van der Waals surface area contributed by atoms with Gasteiger partial charge in [-0.2, -0.15) is 5.90 Å². The van der Waals surface area contributed by atoms with Crippen molar-refractivity contribution in [1.29, 1.82) is 0 Å². The summed E-state index contributed by atoms with van der Waals surface area (Å²) in [6.45, 7) is 2.38. The molecule has 3 N–H and O–H groups in total. The second kappa shape index (κ2) is 3.82. The summed E-state index contributed by atoms with van der Waals surface area (Å²) in [4.78, 5) is 4.49. The van der Waals surface area contributed by atoms with Gasteiger partial charge in [-0.25, -0.2) is 0 Å². The standard InChI is InChI=1S/C8H11NO3/c1-2-11-7-4-3-6(10)5-8(7)12-9/h3-5,10H,2,9H2,1H3. The molecule has 0 heterocycles. The van der Waals surface area contributed by atoms with E-state index in [4.69, 9.17) is 15.7 Å². The third kappa shape index (κ3) is 1.79. The number of phenols is 1. The lowest BCUT2D eigenvalue weighted by Crippen LogP contribution is -2.04. The summed E-state index contributed by atoms with van der Waals surface area (Å²) < 4.78 is 5.17. The third-order valence-electron chi connectivity index (χ3n) is 1.35. The van der Waals surface area contributed by atoms with Crippen molar-refractivity contribution in [1.82, 2.24) is 0 Å². The van der Waals surface area contributed by atoms with Gasteiger partial charge in [0.25, 0.3) is 0 Å². The van der Waals surface area contributed by atoms with Crippen LogP contribution in [0.5, 0.6) is 17.2 Å². The summed E-state index contributed by atoms with van der Waals surface area (Å²) >= 11 is 0. The topological polar surface area (TPSA) is 64.7 Å². The molecule has 66 valence electrons. The van der Waals surface area contributed by atoms with E-state index in [0.717, 1.165) is 0 Å². The van der Waals surface area contributed by atoms with E-state index < -0.39 is 0 Å². The summed E-state index contributed by atoms with van der Waals surface area (Å²) in [6.07, 6.45) is 0. The highest BCUT2D eigenvalue weighted by Crippen LogP contribution is 2.29. The largest absolute Gasteiger partial charge is 0.508 e. The molecule has 0 spiro atoms. The van der Waals surface area contributed by atoms with Crippen LogP contribution in [-0.4, -0.2) is 11.7 Å². The highest BCUT2D eigenvalue weighted by molar-refractivity contribution is 5.44. The molecule has 4 heteroatoms. The molecule has 0 aromatic heterocycles. The molecule has 0 aliphatic carbocycles. The molecule has 12 heavy (non-hydrogen) atoms. The zero-order valence-electron chi connectivity index (χ0n) is 6.78. The van der Waals surface area contributed by atoms with E-state index in [2.05, 4.69) is 4.84 Å². The number of phenolic OH excluding ortho intramolecular Hbond substituents is 1. The van der Waals surface area contributed by atoms with Crippen LogP contribution in [0.25, 0.3) is 0 Å². The quantitative estimate of drug-likeness (QED) is 0.663. The Hall–Kier alpha value is -1.42. The summed E-state index contributed by atoms with van der Waals surface area (Å²) in [7, 11) is 0. The first kappa shape index (κ1) is 8.67. The second-order valence-corrected chi connectivity index (χ2v) is 2.18. The van der Waals surface area contributed by atoms with Crippen molar-refractivity contribution < 1.29 is 14.7 Å². The molecule has 0 saturated heterocycles. The molecule has 0 aliphatic rings. The Morgan fingerprint density at radius 3 is 2.75 bits per heavy atom. The molecule has 1 aromatic carbocycles. The molecular formula is C8H11NO3. The molecule has 0 fully saturated rings. The molecule has 0 unspecified atom stereocenters. The van der Waals surface area contributed by atoms with Gasteiger partial charge in [0.1, 0.15) is 5.75 Å². The van der Waals surface area contributed by atoms with Gasteiger partial charge in [0.2, 0.25) is 0 Å². The van der Waals surface area contributed by atoms with Crippen molar-refractivity contribution in [2.45, 2.75) is 6.92 Å². The molecular weight excluding hydrogens is 158 g/mol. The van der Waals surface area contributed by atoms with Gasteiger partial charge in [-0.15, -0.1) is 0 Å². The molecule has 0 atom stereocenters. The first-order chi connectivity index (χ1) is 5.77. The number of aromatic hydroxyl groups is 1. The maximum Gasteiger partial charge on any atom is 0.192 e. The molecule has 0 radical (unpaired) electrons. The summed E-state index contributed by atoms with van der Waals surface area (Å²) in [6, 6.07) is 4.50. The van der Waals surface area contributed by atoms with E-state index in [9.17, 15) is 0 Å². The first-order valence-corrected chi connectivity index (χ1v) is 3.60. The minimum atomic E-state index is 0.0962. The Balaban J connectivity index is 2.94. The van der Waals surface area contributed by atoms with Gasteiger partial charge in [0, 0.05) is 6.07 Å². The van der Waals surface area contributed by atoms with Crippen LogP contribution in [-0.2, 0) is 0 Å². The van der Waals surface area contributed by atoms with Crippen LogP contribution in [0, 0.1) is 0 Å². The Kier molecular flexibility index (Phi) is 2.76. The Morgan fingerprint density at radius 2 is 2.17 bits per heavy atom. The molecule has 0 aliphatic heterocycles. The van der Waals surface area contributed by atoms with E-state index in [0.29, 0.717) is 18.1 Å². The predicted octanol–water partition coefficient (Wildman–Crippen LogP) is 1.04. The minimum Gasteiger partial charge on any atom is -0.508 e. The summed E-state index contributed by atoms with van der Waals surface area (Å²) in [5.74, 6) is 5.91.